The van der Waals surface area contributed by atoms with Crippen molar-refractivity contribution in [2.45, 2.75) is 6.54 Å². The lowest BCUT2D eigenvalue weighted by molar-refractivity contribution is -0.122. The third kappa shape index (κ3) is 5.46. The van der Waals surface area contributed by atoms with Crippen molar-refractivity contribution in [1.29, 1.82) is 0 Å². The Kier molecular flexibility index (Phi) is 7.37. The normalized spacial score (nSPS) is 16.1. The highest BCUT2D eigenvalue weighted by atomic mass is 35.5. The van der Waals surface area contributed by atoms with Crippen LogP contribution in [-0.2, 0) is 11.3 Å². The molecule has 0 bridgehead atoms. The number of amidine groups is 1. The SMILES string of the molecule is O=C1/C(=C/c2cccc(Cl)c2Cl)S/C(=N/N=C\c2ccc(-c3ccccc3)cc2)N1Cc1ccco1. The van der Waals surface area contributed by atoms with Gasteiger partial charge in [-0.1, -0.05) is 89.9 Å². The number of furan rings is 1. The topological polar surface area (TPSA) is 58.2 Å². The van der Waals surface area contributed by atoms with Crippen LogP contribution in [0.4, 0.5) is 0 Å². The van der Waals surface area contributed by atoms with Crippen LogP contribution in [0.15, 0.2) is 111 Å². The minimum Gasteiger partial charge on any atom is -0.467 e. The Balaban J connectivity index is 1.39. The Bertz CT molecular complexity index is 1460. The van der Waals surface area contributed by atoms with Gasteiger partial charge in [-0.05, 0) is 58.3 Å². The molecule has 0 radical (unpaired) electrons. The quantitative estimate of drug-likeness (QED) is 0.145. The van der Waals surface area contributed by atoms with Gasteiger partial charge in [0.15, 0.2) is 5.17 Å². The Morgan fingerprint density at radius 1 is 0.889 bits per heavy atom. The van der Waals surface area contributed by atoms with E-state index in [0.717, 1.165) is 16.7 Å². The second kappa shape index (κ2) is 11.0. The molecule has 1 fully saturated rings. The number of amides is 1. The van der Waals surface area contributed by atoms with Crippen LogP contribution in [0.25, 0.3) is 17.2 Å². The summed E-state index contributed by atoms with van der Waals surface area (Å²) in [7, 11) is 0. The molecule has 8 heteroatoms. The number of rotatable bonds is 6. The average molecular weight is 532 g/mol. The van der Waals surface area contributed by atoms with Crippen molar-refractivity contribution >= 4 is 58.3 Å². The molecule has 0 atom stereocenters. The maximum Gasteiger partial charge on any atom is 0.267 e. The second-order valence-corrected chi connectivity index (χ2v) is 9.63. The molecule has 0 N–H and O–H groups in total. The van der Waals surface area contributed by atoms with E-state index >= 15 is 0 Å². The van der Waals surface area contributed by atoms with Gasteiger partial charge in [0.1, 0.15) is 5.76 Å². The van der Waals surface area contributed by atoms with E-state index in [2.05, 4.69) is 22.3 Å². The molecule has 0 unspecified atom stereocenters. The van der Waals surface area contributed by atoms with Gasteiger partial charge in [0.2, 0.25) is 0 Å². The average Bonchev–Trinajstić information content (AvgIpc) is 3.52. The third-order valence-electron chi connectivity index (χ3n) is 5.42. The third-order valence-corrected chi connectivity index (χ3v) is 7.25. The van der Waals surface area contributed by atoms with E-state index in [9.17, 15) is 4.79 Å². The van der Waals surface area contributed by atoms with Crippen LogP contribution in [-0.4, -0.2) is 22.2 Å². The summed E-state index contributed by atoms with van der Waals surface area (Å²) >= 11 is 13.7. The number of nitrogens with zero attached hydrogens (tertiary/aromatic N) is 3. The summed E-state index contributed by atoms with van der Waals surface area (Å²) in [4.78, 5) is 15.2. The minimum atomic E-state index is -0.214. The molecule has 2 heterocycles. The van der Waals surface area contributed by atoms with E-state index in [1.165, 1.54) is 16.7 Å². The Labute approximate surface area is 222 Å². The highest BCUT2D eigenvalue weighted by molar-refractivity contribution is 8.18. The van der Waals surface area contributed by atoms with Gasteiger partial charge in [0.25, 0.3) is 5.91 Å². The number of carbonyl (C=O) groups is 1. The summed E-state index contributed by atoms with van der Waals surface area (Å²) in [6, 6.07) is 27.1. The van der Waals surface area contributed by atoms with E-state index in [-0.39, 0.29) is 12.5 Å². The molecule has 1 aliphatic rings. The van der Waals surface area contributed by atoms with Gasteiger partial charge in [-0.2, -0.15) is 5.10 Å². The predicted molar refractivity (Wildman–Crippen MR) is 148 cm³/mol. The van der Waals surface area contributed by atoms with Crippen molar-refractivity contribution in [3.63, 3.8) is 0 Å². The Hall–Kier alpha value is -3.58. The van der Waals surface area contributed by atoms with Crippen molar-refractivity contribution in [1.82, 2.24) is 4.90 Å². The molecular formula is C28H19Cl2N3O2S. The zero-order chi connectivity index (χ0) is 24.9. The Morgan fingerprint density at radius 3 is 2.42 bits per heavy atom. The molecule has 1 saturated heterocycles. The predicted octanol–water partition coefficient (Wildman–Crippen LogP) is 7.76. The summed E-state index contributed by atoms with van der Waals surface area (Å²) in [5, 5.41) is 9.87. The van der Waals surface area contributed by atoms with E-state index in [4.69, 9.17) is 27.6 Å². The van der Waals surface area contributed by atoms with Crippen LogP contribution in [0.5, 0.6) is 0 Å². The summed E-state index contributed by atoms with van der Waals surface area (Å²) in [6.07, 6.45) is 4.94. The van der Waals surface area contributed by atoms with Gasteiger partial charge in [0, 0.05) is 0 Å². The minimum absolute atomic E-state index is 0.214. The molecule has 0 saturated carbocycles. The van der Waals surface area contributed by atoms with Crippen molar-refractivity contribution < 1.29 is 9.21 Å². The van der Waals surface area contributed by atoms with Gasteiger partial charge in [-0.3, -0.25) is 9.69 Å². The van der Waals surface area contributed by atoms with Gasteiger partial charge in [0.05, 0.1) is 34.0 Å². The Morgan fingerprint density at radius 2 is 1.67 bits per heavy atom. The summed E-state index contributed by atoms with van der Waals surface area (Å²) in [6.45, 7) is 0.236. The first kappa shape index (κ1) is 24.1. The zero-order valence-corrected chi connectivity index (χ0v) is 21.2. The molecule has 178 valence electrons. The first-order valence-electron chi connectivity index (χ1n) is 11.0. The van der Waals surface area contributed by atoms with Crippen molar-refractivity contribution in [3.05, 3.63) is 123 Å². The van der Waals surface area contributed by atoms with Crippen LogP contribution < -0.4 is 0 Å². The number of halogens is 2. The lowest BCUT2D eigenvalue weighted by atomic mass is 10.0. The molecule has 1 aromatic heterocycles. The van der Waals surface area contributed by atoms with Crippen molar-refractivity contribution in [2.24, 2.45) is 10.2 Å². The van der Waals surface area contributed by atoms with E-state index in [1.807, 2.05) is 48.5 Å². The molecular weight excluding hydrogens is 513 g/mol. The number of benzene rings is 3. The van der Waals surface area contributed by atoms with Gasteiger partial charge < -0.3 is 4.42 Å². The number of carbonyl (C=O) groups excluding carboxylic acids is 1. The van der Waals surface area contributed by atoms with Crippen LogP contribution in [0.1, 0.15) is 16.9 Å². The second-order valence-electron chi connectivity index (χ2n) is 7.84. The first-order chi connectivity index (χ1) is 17.6. The number of hydrogen-bond acceptors (Lipinski definition) is 5. The van der Waals surface area contributed by atoms with E-state index in [1.54, 1.807) is 42.8 Å². The standard InChI is InChI=1S/C28H19Cl2N3O2S/c29-24-10-4-8-22(26(24)30)16-25-27(34)33(18-23-9-5-15-35-23)28(36-25)32-31-17-19-11-13-21(14-12-19)20-6-2-1-3-7-20/h1-17H,18H2/b25-16-,31-17-,32-28+. The molecule has 1 amide bonds. The van der Waals surface area contributed by atoms with Gasteiger partial charge >= 0.3 is 0 Å². The molecule has 4 aromatic rings. The molecule has 5 nitrogen and oxygen atoms in total. The molecule has 3 aromatic carbocycles. The number of hydrogen-bond donors (Lipinski definition) is 0. The lowest BCUT2D eigenvalue weighted by Gasteiger charge is -2.12. The molecule has 5 rings (SSSR count). The van der Waals surface area contributed by atoms with Crippen molar-refractivity contribution in [3.8, 4) is 11.1 Å². The summed E-state index contributed by atoms with van der Waals surface area (Å²) < 4.78 is 5.45. The molecule has 36 heavy (non-hydrogen) atoms. The van der Waals surface area contributed by atoms with Crippen LogP contribution in [0.2, 0.25) is 10.0 Å². The maximum atomic E-state index is 13.2. The van der Waals surface area contributed by atoms with Crippen LogP contribution >= 0.6 is 35.0 Å². The van der Waals surface area contributed by atoms with Crippen LogP contribution in [0, 0.1) is 0 Å². The fraction of sp³-hybridized carbons (Fsp3) is 0.0357. The van der Waals surface area contributed by atoms with E-state index in [0.29, 0.717) is 31.4 Å². The fourth-order valence-electron chi connectivity index (χ4n) is 3.59. The van der Waals surface area contributed by atoms with Crippen LogP contribution in [0.3, 0.4) is 0 Å². The molecule has 1 aliphatic heterocycles. The summed E-state index contributed by atoms with van der Waals surface area (Å²) in [5.74, 6) is 0.424. The highest BCUT2D eigenvalue weighted by Crippen LogP contribution is 2.36. The van der Waals surface area contributed by atoms with E-state index < -0.39 is 0 Å². The molecule has 0 aliphatic carbocycles. The fourth-order valence-corrected chi connectivity index (χ4v) is 4.88. The monoisotopic (exact) mass is 531 g/mol. The van der Waals surface area contributed by atoms with Gasteiger partial charge in [-0.25, -0.2) is 0 Å². The zero-order valence-electron chi connectivity index (χ0n) is 18.8. The highest BCUT2D eigenvalue weighted by Gasteiger charge is 2.34. The molecule has 0 spiro atoms. The maximum absolute atomic E-state index is 13.2. The number of thioether (sulfide) groups is 1. The largest absolute Gasteiger partial charge is 0.467 e. The van der Waals surface area contributed by atoms with Crippen molar-refractivity contribution in [2.75, 3.05) is 0 Å². The smallest absolute Gasteiger partial charge is 0.267 e. The van der Waals surface area contributed by atoms with Gasteiger partial charge in [-0.15, -0.1) is 5.10 Å². The first-order valence-corrected chi connectivity index (χ1v) is 12.6. The summed E-state index contributed by atoms with van der Waals surface area (Å²) in [5.41, 5.74) is 3.82. The lowest BCUT2D eigenvalue weighted by Crippen LogP contribution is -2.28.